The standard InChI is InChI=1S/C18H22N4O4/c1-12-20-14(18(23)19-6-3-7-24-2)11-17(21-12)22-13-4-5-15-16(10-13)26-9-8-25-15/h4-5,10-11H,3,6-9H2,1-2H3,(H,19,23)(H,20,21,22). The SMILES string of the molecule is COCCCNC(=O)c1cc(Nc2ccc3c(c2)OCCO3)nc(C)n1. The molecular weight excluding hydrogens is 336 g/mol. The van der Waals surface area contributed by atoms with Gasteiger partial charge in [0.2, 0.25) is 0 Å². The third-order valence-corrected chi connectivity index (χ3v) is 3.70. The van der Waals surface area contributed by atoms with Gasteiger partial charge in [-0.15, -0.1) is 0 Å². The van der Waals surface area contributed by atoms with Gasteiger partial charge in [0.15, 0.2) is 11.5 Å². The molecule has 1 aromatic heterocycles. The van der Waals surface area contributed by atoms with Crippen molar-refractivity contribution >= 4 is 17.4 Å². The van der Waals surface area contributed by atoms with Crippen LogP contribution in [0.4, 0.5) is 11.5 Å². The summed E-state index contributed by atoms with van der Waals surface area (Å²) in [6, 6.07) is 7.18. The Morgan fingerprint density at radius 3 is 2.81 bits per heavy atom. The van der Waals surface area contributed by atoms with Gasteiger partial charge >= 0.3 is 0 Å². The van der Waals surface area contributed by atoms with Gasteiger partial charge in [-0.1, -0.05) is 0 Å². The minimum atomic E-state index is -0.239. The van der Waals surface area contributed by atoms with Gasteiger partial charge in [-0.05, 0) is 25.5 Å². The number of ether oxygens (including phenoxy) is 3. The van der Waals surface area contributed by atoms with Crippen LogP contribution in [0.2, 0.25) is 0 Å². The Bertz CT molecular complexity index is 782. The Morgan fingerprint density at radius 2 is 2.00 bits per heavy atom. The number of hydrogen-bond acceptors (Lipinski definition) is 7. The van der Waals surface area contributed by atoms with Crippen molar-refractivity contribution in [3.8, 4) is 11.5 Å². The normalized spacial score (nSPS) is 12.5. The largest absolute Gasteiger partial charge is 0.486 e. The van der Waals surface area contributed by atoms with Crippen LogP contribution in [0.1, 0.15) is 22.7 Å². The summed E-state index contributed by atoms with van der Waals surface area (Å²) in [5, 5.41) is 6.00. The van der Waals surface area contributed by atoms with Gasteiger partial charge in [-0.3, -0.25) is 4.79 Å². The lowest BCUT2D eigenvalue weighted by Crippen LogP contribution is -2.26. The maximum atomic E-state index is 12.2. The lowest BCUT2D eigenvalue weighted by atomic mass is 10.2. The number of anilines is 2. The first-order valence-corrected chi connectivity index (χ1v) is 8.45. The molecule has 0 bridgehead atoms. The average molecular weight is 358 g/mol. The zero-order valence-corrected chi connectivity index (χ0v) is 14.9. The molecule has 3 rings (SSSR count). The number of fused-ring (bicyclic) bond motifs is 1. The molecule has 0 radical (unpaired) electrons. The molecule has 2 aromatic rings. The van der Waals surface area contributed by atoms with E-state index in [1.807, 2.05) is 18.2 Å². The van der Waals surface area contributed by atoms with Gasteiger partial charge in [0, 0.05) is 38.1 Å². The van der Waals surface area contributed by atoms with E-state index in [2.05, 4.69) is 20.6 Å². The molecule has 0 saturated heterocycles. The summed E-state index contributed by atoms with van der Waals surface area (Å²) >= 11 is 0. The molecule has 1 aliphatic rings. The number of carbonyl (C=O) groups excluding carboxylic acids is 1. The number of nitrogens with one attached hydrogen (secondary N) is 2. The van der Waals surface area contributed by atoms with Crippen LogP contribution < -0.4 is 20.1 Å². The number of aryl methyl sites for hydroxylation is 1. The maximum absolute atomic E-state index is 12.2. The molecule has 8 nitrogen and oxygen atoms in total. The minimum Gasteiger partial charge on any atom is -0.486 e. The molecule has 138 valence electrons. The van der Waals surface area contributed by atoms with E-state index in [1.54, 1.807) is 20.1 Å². The van der Waals surface area contributed by atoms with Crippen LogP contribution in [-0.2, 0) is 4.74 Å². The molecule has 0 atom stereocenters. The molecule has 2 N–H and O–H groups in total. The lowest BCUT2D eigenvalue weighted by molar-refractivity contribution is 0.0943. The summed E-state index contributed by atoms with van der Waals surface area (Å²) in [6.45, 7) is 3.95. The summed E-state index contributed by atoms with van der Waals surface area (Å²) in [6.07, 6.45) is 0.745. The summed E-state index contributed by atoms with van der Waals surface area (Å²) < 4.78 is 16.1. The molecule has 0 saturated carbocycles. The molecule has 1 aromatic carbocycles. The Labute approximate surface area is 151 Å². The number of hydrogen-bond donors (Lipinski definition) is 2. The highest BCUT2D eigenvalue weighted by Crippen LogP contribution is 2.33. The minimum absolute atomic E-state index is 0.239. The van der Waals surface area contributed by atoms with E-state index in [0.717, 1.165) is 17.9 Å². The zero-order chi connectivity index (χ0) is 18.4. The molecule has 1 amide bonds. The summed E-state index contributed by atoms with van der Waals surface area (Å²) in [5.74, 6) is 2.21. The highest BCUT2D eigenvalue weighted by Gasteiger charge is 2.13. The monoisotopic (exact) mass is 358 g/mol. The van der Waals surface area contributed by atoms with E-state index in [9.17, 15) is 4.79 Å². The number of carbonyl (C=O) groups is 1. The van der Waals surface area contributed by atoms with E-state index in [4.69, 9.17) is 14.2 Å². The van der Waals surface area contributed by atoms with Gasteiger partial charge < -0.3 is 24.8 Å². The second kappa shape index (κ2) is 8.48. The third-order valence-electron chi connectivity index (χ3n) is 3.70. The third kappa shape index (κ3) is 4.60. The molecule has 0 unspecified atom stereocenters. The molecule has 0 spiro atoms. The van der Waals surface area contributed by atoms with Crippen molar-refractivity contribution in [2.45, 2.75) is 13.3 Å². The number of aromatic nitrogens is 2. The highest BCUT2D eigenvalue weighted by atomic mass is 16.6. The first-order chi connectivity index (χ1) is 12.7. The van der Waals surface area contributed by atoms with Crippen molar-refractivity contribution in [1.29, 1.82) is 0 Å². The molecule has 8 heteroatoms. The Morgan fingerprint density at radius 1 is 1.19 bits per heavy atom. The number of benzene rings is 1. The van der Waals surface area contributed by atoms with Crippen molar-refractivity contribution < 1.29 is 19.0 Å². The van der Waals surface area contributed by atoms with E-state index in [-0.39, 0.29) is 5.91 Å². The molecule has 0 fully saturated rings. The Balaban J connectivity index is 1.70. The van der Waals surface area contributed by atoms with Crippen LogP contribution in [0.15, 0.2) is 24.3 Å². The van der Waals surface area contributed by atoms with Crippen molar-refractivity contribution in [3.63, 3.8) is 0 Å². The summed E-state index contributed by atoms with van der Waals surface area (Å²) in [5.41, 5.74) is 1.11. The van der Waals surface area contributed by atoms with E-state index < -0.39 is 0 Å². The second-order valence-electron chi connectivity index (χ2n) is 5.77. The summed E-state index contributed by atoms with van der Waals surface area (Å²) in [4.78, 5) is 20.8. The number of methoxy groups -OCH3 is 1. The Hall–Kier alpha value is -2.87. The van der Waals surface area contributed by atoms with Crippen LogP contribution in [0.25, 0.3) is 0 Å². The van der Waals surface area contributed by atoms with Crippen LogP contribution in [0.3, 0.4) is 0 Å². The van der Waals surface area contributed by atoms with Crippen molar-refractivity contribution in [2.75, 3.05) is 38.8 Å². The van der Waals surface area contributed by atoms with Crippen molar-refractivity contribution in [3.05, 3.63) is 35.8 Å². The molecule has 0 aliphatic carbocycles. The van der Waals surface area contributed by atoms with Gasteiger partial charge in [0.1, 0.15) is 30.5 Å². The first kappa shape index (κ1) is 17.9. The molecule has 1 aliphatic heterocycles. The Kier molecular flexibility index (Phi) is 5.85. The van der Waals surface area contributed by atoms with E-state index in [0.29, 0.717) is 49.5 Å². The van der Waals surface area contributed by atoms with Crippen molar-refractivity contribution in [2.24, 2.45) is 0 Å². The summed E-state index contributed by atoms with van der Waals surface area (Å²) in [7, 11) is 1.63. The van der Waals surface area contributed by atoms with Crippen molar-refractivity contribution in [1.82, 2.24) is 15.3 Å². The first-order valence-electron chi connectivity index (χ1n) is 8.45. The molecular formula is C18H22N4O4. The van der Waals surface area contributed by atoms with E-state index in [1.165, 1.54) is 0 Å². The quantitative estimate of drug-likeness (QED) is 0.732. The maximum Gasteiger partial charge on any atom is 0.270 e. The van der Waals surface area contributed by atoms with Gasteiger partial charge in [-0.2, -0.15) is 0 Å². The van der Waals surface area contributed by atoms with Gasteiger partial charge in [0.05, 0.1) is 0 Å². The average Bonchev–Trinajstić information content (AvgIpc) is 2.64. The predicted molar refractivity (Wildman–Crippen MR) is 96.3 cm³/mol. The van der Waals surface area contributed by atoms with Gasteiger partial charge in [0.25, 0.3) is 5.91 Å². The second-order valence-corrected chi connectivity index (χ2v) is 5.77. The smallest absolute Gasteiger partial charge is 0.270 e. The predicted octanol–water partition coefficient (Wildman–Crippen LogP) is 2.07. The van der Waals surface area contributed by atoms with Crippen LogP contribution in [0.5, 0.6) is 11.5 Å². The zero-order valence-electron chi connectivity index (χ0n) is 14.9. The highest BCUT2D eigenvalue weighted by molar-refractivity contribution is 5.93. The molecule has 26 heavy (non-hydrogen) atoms. The fourth-order valence-electron chi connectivity index (χ4n) is 2.53. The fraction of sp³-hybridized carbons (Fsp3) is 0.389. The molecule has 2 heterocycles. The number of nitrogens with zero attached hydrogens (tertiary/aromatic N) is 2. The number of amides is 1. The van der Waals surface area contributed by atoms with E-state index >= 15 is 0 Å². The topological polar surface area (TPSA) is 94.6 Å². The van der Waals surface area contributed by atoms with Gasteiger partial charge in [-0.25, -0.2) is 9.97 Å². The van der Waals surface area contributed by atoms with Crippen LogP contribution in [-0.4, -0.2) is 49.4 Å². The van der Waals surface area contributed by atoms with Crippen LogP contribution in [0, 0.1) is 6.92 Å². The fourth-order valence-corrected chi connectivity index (χ4v) is 2.53. The lowest BCUT2D eigenvalue weighted by Gasteiger charge is -2.19. The van der Waals surface area contributed by atoms with Crippen LogP contribution >= 0.6 is 0 Å². The number of rotatable bonds is 7.